The number of hydrogen-bond acceptors (Lipinski definition) is 5. The number of aryl methyl sites for hydroxylation is 1. The van der Waals surface area contributed by atoms with Gasteiger partial charge in [-0.15, -0.1) is 0 Å². The lowest BCUT2D eigenvalue weighted by Crippen LogP contribution is -2.38. The van der Waals surface area contributed by atoms with Gasteiger partial charge in [-0.05, 0) is 37.6 Å². The van der Waals surface area contributed by atoms with Gasteiger partial charge in [0.05, 0.1) is 5.41 Å². The van der Waals surface area contributed by atoms with Gasteiger partial charge in [0.2, 0.25) is 11.7 Å². The molecule has 2 atom stereocenters. The SMILES string of the molecule is Cc1cscc1-c1noc(C2(C)CCCC2N)n1. The fourth-order valence-electron chi connectivity index (χ4n) is 2.61. The number of thiophene rings is 1. The van der Waals surface area contributed by atoms with Crippen LogP contribution in [0, 0.1) is 6.92 Å². The minimum Gasteiger partial charge on any atom is -0.338 e. The first kappa shape index (κ1) is 11.9. The maximum Gasteiger partial charge on any atom is 0.234 e. The van der Waals surface area contributed by atoms with Crippen LogP contribution >= 0.6 is 11.3 Å². The number of nitrogens with two attached hydrogens (primary N) is 1. The molecule has 3 rings (SSSR count). The van der Waals surface area contributed by atoms with Crippen LogP contribution in [0.1, 0.15) is 37.6 Å². The first-order chi connectivity index (χ1) is 8.61. The van der Waals surface area contributed by atoms with E-state index in [2.05, 4.69) is 34.7 Å². The van der Waals surface area contributed by atoms with E-state index in [1.165, 1.54) is 5.56 Å². The van der Waals surface area contributed by atoms with E-state index in [0.29, 0.717) is 11.7 Å². The summed E-state index contributed by atoms with van der Waals surface area (Å²) in [4.78, 5) is 4.57. The summed E-state index contributed by atoms with van der Waals surface area (Å²) in [5, 5.41) is 8.26. The Labute approximate surface area is 110 Å². The molecular weight excluding hydrogens is 246 g/mol. The Hall–Kier alpha value is -1.20. The van der Waals surface area contributed by atoms with E-state index >= 15 is 0 Å². The maximum absolute atomic E-state index is 6.18. The normalized spacial score (nSPS) is 27.8. The summed E-state index contributed by atoms with van der Waals surface area (Å²) in [7, 11) is 0. The maximum atomic E-state index is 6.18. The third-order valence-electron chi connectivity index (χ3n) is 4.04. The van der Waals surface area contributed by atoms with E-state index in [-0.39, 0.29) is 11.5 Å². The second-order valence-electron chi connectivity index (χ2n) is 5.31. The topological polar surface area (TPSA) is 64.9 Å². The molecule has 2 aromatic rings. The van der Waals surface area contributed by atoms with Gasteiger partial charge in [0.15, 0.2) is 0 Å². The Bertz CT molecular complexity index is 562. The molecular formula is C13H17N3OS. The van der Waals surface area contributed by atoms with Gasteiger partial charge in [-0.2, -0.15) is 16.3 Å². The highest BCUT2D eigenvalue weighted by atomic mass is 32.1. The summed E-state index contributed by atoms with van der Waals surface area (Å²) in [6.07, 6.45) is 3.19. The van der Waals surface area contributed by atoms with Crippen molar-refractivity contribution >= 4 is 11.3 Å². The van der Waals surface area contributed by atoms with Crippen molar-refractivity contribution in [2.75, 3.05) is 0 Å². The summed E-state index contributed by atoms with van der Waals surface area (Å²) in [5.74, 6) is 1.37. The smallest absolute Gasteiger partial charge is 0.234 e. The molecule has 0 amide bonds. The Kier molecular flexibility index (Phi) is 2.75. The summed E-state index contributed by atoms with van der Waals surface area (Å²) in [6.45, 7) is 4.19. The average Bonchev–Trinajstić information content (AvgIpc) is 3.01. The number of aromatic nitrogens is 2. The largest absolute Gasteiger partial charge is 0.338 e. The lowest BCUT2D eigenvalue weighted by molar-refractivity contribution is 0.278. The van der Waals surface area contributed by atoms with E-state index in [9.17, 15) is 0 Å². The van der Waals surface area contributed by atoms with Crippen LogP contribution in [0.2, 0.25) is 0 Å². The molecule has 1 aliphatic carbocycles. The van der Waals surface area contributed by atoms with Crippen molar-refractivity contribution in [3.05, 3.63) is 22.2 Å². The molecule has 96 valence electrons. The van der Waals surface area contributed by atoms with Crippen molar-refractivity contribution in [1.29, 1.82) is 0 Å². The molecule has 0 radical (unpaired) electrons. The Morgan fingerprint density at radius 2 is 2.33 bits per heavy atom. The highest BCUT2D eigenvalue weighted by Crippen LogP contribution is 2.39. The van der Waals surface area contributed by atoms with Gasteiger partial charge in [0.25, 0.3) is 0 Å². The van der Waals surface area contributed by atoms with Gasteiger partial charge in [-0.25, -0.2) is 0 Å². The van der Waals surface area contributed by atoms with Crippen molar-refractivity contribution < 1.29 is 4.52 Å². The molecule has 0 aromatic carbocycles. The van der Waals surface area contributed by atoms with Gasteiger partial charge in [0.1, 0.15) is 0 Å². The van der Waals surface area contributed by atoms with E-state index < -0.39 is 0 Å². The quantitative estimate of drug-likeness (QED) is 0.904. The van der Waals surface area contributed by atoms with Gasteiger partial charge in [-0.3, -0.25) is 0 Å². The van der Waals surface area contributed by atoms with Crippen LogP contribution in [0.25, 0.3) is 11.4 Å². The molecule has 4 nitrogen and oxygen atoms in total. The molecule has 2 aromatic heterocycles. The third kappa shape index (κ3) is 1.69. The molecule has 1 fully saturated rings. The lowest BCUT2D eigenvalue weighted by Gasteiger charge is -2.23. The van der Waals surface area contributed by atoms with Crippen LogP contribution in [0.5, 0.6) is 0 Å². The molecule has 2 N–H and O–H groups in total. The van der Waals surface area contributed by atoms with Gasteiger partial charge >= 0.3 is 0 Å². The number of nitrogens with zero attached hydrogens (tertiary/aromatic N) is 2. The first-order valence-corrected chi connectivity index (χ1v) is 7.18. The second-order valence-corrected chi connectivity index (χ2v) is 6.05. The predicted molar refractivity (Wildman–Crippen MR) is 71.5 cm³/mol. The minimum atomic E-state index is -0.158. The monoisotopic (exact) mass is 263 g/mol. The molecule has 2 heterocycles. The number of hydrogen-bond donors (Lipinski definition) is 1. The Morgan fingerprint density at radius 3 is 2.94 bits per heavy atom. The number of rotatable bonds is 2. The summed E-state index contributed by atoms with van der Waals surface area (Å²) >= 11 is 1.66. The van der Waals surface area contributed by atoms with Crippen molar-refractivity contribution in [1.82, 2.24) is 10.1 Å². The molecule has 18 heavy (non-hydrogen) atoms. The van der Waals surface area contributed by atoms with Crippen molar-refractivity contribution in [2.45, 2.75) is 44.6 Å². The highest BCUT2D eigenvalue weighted by Gasteiger charge is 2.42. The van der Waals surface area contributed by atoms with E-state index in [4.69, 9.17) is 10.3 Å². The second kappa shape index (κ2) is 4.17. The van der Waals surface area contributed by atoms with Crippen LogP contribution in [0.4, 0.5) is 0 Å². The molecule has 1 aliphatic rings. The molecule has 0 aliphatic heterocycles. The molecule has 2 unspecified atom stereocenters. The average molecular weight is 263 g/mol. The van der Waals surface area contributed by atoms with Crippen molar-refractivity contribution in [3.63, 3.8) is 0 Å². The molecule has 1 saturated carbocycles. The Balaban J connectivity index is 1.97. The first-order valence-electron chi connectivity index (χ1n) is 6.24. The van der Waals surface area contributed by atoms with Crippen LogP contribution in [0.3, 0.4) is 0 Å². The zero-order chi connectivity index (χ0) is 12.8. The summed E-state index contributed by atoms with van der Waals surface area (Å²) in [5.41, 5.74) is 8.27. The van der Waals surface area contributed by atoms with Crippen molar-refractivity contribution in [2.24, 2.45) is 5.73 Å². The van der Waals surface area contributed by atoms with Crippen molar-refractivity contribution in [3.8, 4) is 11.4 Å². The van der Waals surface area contributed by atoms with E-state index in [0.717, 1.165) is 24.8 Å². The lowest BCUT2D eigenvalue weighted by atomic mass is 9.85. The summed E-state index contributed by atoms with van der Waals surface area (Å²) < 4.78 is 5.46. The molecule has 0 saturated heterocycles. The van der Waals surface area contributed by atoms with E-state index in [1.54, 1.807) is 11.3 Å². The molecule has 5 heteroatoms. The predicted octanol–water partition coefficient (Wildman–Crippen LogP) is 2.88. The van der Waals surface area contributed by atoms with Gasteiger partial charge in [-0.1, -0.05) is 11.6 Å². The Morgan fingerprint density at radius 1 is 1.50 bits per heavy atom. The third-order valence-corrected chi connectivity index (χ3v) is 4.90. The zero-order valence-corrected chi connectivity index (χ0v) is 11.5. The molecule has 0 bridgehead atoms. The van der Waals surface area contributed by atoms with Crippen LogP contribution < -0.4 is 5.73 Å². The molecule has 0 spiro atoms. The van der Waals surface area contributed by atoms with Gasteiger partial charge < -0.3 is 10.3 Å². The van der Waals surface area contributed by atoms with E-state index in [1.807, 2.05) is 0 Å². The fourth-order valence-corrected chi connectivity index (χ4v) is 3.44. The minimum absolute atomic E-state index is 0.120. The standard InChI is InChI=1S/C13H17N3OS/c1-8-6-18-7-9(8)11-15-12(17-16-11)13(2)5-3-4-10(13)14/h6-7,10H,3-5,14H2,1-2H3. The van der Waals surface area contributed by atoms with Crippen LogP contribution in [-0.2, 0) is 5.41 Å². The fraction of sp³-hybridized carbons (Fsp3) is 0.538. The van der Waals surface area contributed by atoms with Crippen LogP contribution in [-0.4, -0.2) is 16.2 Å². The van der Waals surface area contributed by atoms with Crippen LogP contribution in [0.15, 0.2) is 15.3 Å². The highest BCUT2D eigenvalue weighted by molar-refractivity contribution is 7.08. The summed E-state index contributed by atoms with van der Waals surface area (Å²) in [6, 6.07) is 0.120. The zero-order valence-electron chi connectivity index (χ0n) is 10.6. The van der Waals surface area contributed by atoms with Gasteiger partial charge in [0, 0.05) is 17.0 Å².